The van der Waals surface area contributed by atoms with Gasteiger partial charge in [-0.2, -0.15) is 0 Å². The first-order valence-electron chi connectivity index (χ1n) is 11.2. The van der Waals surface area contributed by atoms with Gasteiger partial charge in [0.05, 0.1) is 24.4 Å². The molecular formula is C24H25N5O5. The molecule has 10 nitrogen and oxygen atoms in total. The molecule has 2 aliphatic rings. The van der Waals surface area contributed by atoms with E-state index in [2.05, 4.69) is 22.1 Å². The van der Waals surface area contributed by atoms with E-state index in [1.807, 2.05) is 23.1 Å². The Morgan fingerprint density at radius 3 is 2.62 bits per heavy atom. The van der Waals surface area contributed by atoms with Gasteiger partial charge in [0.25, 0.3) is 0 Å². The molecule has 2 amide bonds. The van der Waals surface area contributed by atoms with Crippen LogP contribution in [0.5, 0.6) is 5.88 Å². The summed E-state index contributed by atoms with van der Waals surface area (Å²) in [6, 6.07) is 10.0. The van der Waals surface area contributed by atoms with Gasteiger partial charge >= 0.3 is 6.09 Å². The fourth-order valence-electron chi connectivity index (χ4n) is 4.23. The highest BCUT2D eigenvalue weighted by Gasteiger charge is 2.29. The van der Waals surface area contributed by atoms with Crippen LogP contribution in [0.3, 0.4) is 0 Å². The molecule has 1 aromatic carbocycles. The van der Waals surface area contributed by atoms with E-state index < -0.39 is 12.2 Å². The van der Waals surface area contributed by atoms with Crippen molar-refractivity contribution >= 4 is 23.0 Å². The minimum atomic E-state index is -0.968. The summed E-state index contributed by atoms with van der Waals surface area (Å²) >= 11 is 0. The first-order chi connectivity index (χ1) is 16.5. The molecule has 2 saturated heterocycles. The highest BCUT2D eigenvalue weighted by molar-refractivity contribution is 5.83. The maximum absolute atomic E-state index is 11.4. The molecule has 1 atom stereocenters. The molecule has 2 fully saturated rings. The molecule has 10 heteroatoms. The zero-order valence-corrected chi connectivity index (χ0v) is 18.8. The van der Waals surface area contributed by atoms with E-state index in [0.717, 1.165) is 18.7 Å². The lowest BCUT2D eigenvalue weighted by Gasteiger charge is -2.39. The number of hydrogen-bond donors (Lipinski definition) is 1. The molecular weight excluding hydrogens is 438 g/mol. The lowest BCUT2D eigenvalue weighted by molar-refractivity contribution is -0.133. The molecule has 176 valence electrons. The molecule has 0 spiro atoms. The molecule has 1 unspecified atom stereocenters. The molecule has 2 aliphatic heterocycles. The van der Waals surface area contributed by atoms with Crippen molar-refractivity contribution in [3.8, 4) is 17.1 Å². The van der Waals surface area contributed by atoms with Crippen molar-refractivity contribution < 1.29 is 24.2 Å². The second kappa shape index (κ2) is 9.22. The number of fused-ring (bicyclic) bond motifs is 1. The van der Waals surface area contributed by atoms with Gasteiger partial charge in [-0.1, -0.05) is 24.3 Å². The molecule has 0 aliphatic carbocycles. The number of carboxylic acid groups (broad SMARTS) is 1. The summed E-state index contributed by atoms with van der Waals surface area (Å²) in [6.07, 6.45) is 1.84. The highest BCUT2D eigenvalue weighted by Crippen LogP contribution is 2.31. The highest BCUT2D eigenvalue weighted by atomic mass is 16.5. The summed E-state index contributed by atoms with van der Waals surface area (Å²) in [5.74, 6) is 0.793. The van der Waals surface area contributed by atoms with Crippen LogP contribution in [0.1, 0.15) is 18.4 Å². The predicted molar refractivity (Wildman–Crippen MR) is 123 cm³/mol. The zero-order chi connectivity index (χ0) is 23.7. The van der Waals surface area contributed by atoms with Gasteiger partial charge in [-0.25, -0.2) is 14.8 Å². The quantitative estimate of drug-likeness (QED) is 0.613. The first-order valence-corrected chi connectivity index (χ1v) is 11.2. The Hall–Kier alpha value is -3.79. The first kappa shape index (κ1) is 22.0. The lowest BCUT2D eigenvalue weighted by Crippen LogP contribution is -2.47. The molecule has 2 aromatic heterocycles. The standard InChI is InChI=1S/C24H25N5O5/c1-15(30)29-11-18(12-29)16-2-4-17(5-3-16)20-10-21-22(26-7-6-25-21)23(27-20)34-14-19-13-28(24(31)32)8-9-33-19/h2-7,10,18-19H,8-9,11-14H2,1H3,(H,31,32). The summed E-state index contributed by atoms with van der Waals surface area (Å²) in [5.41, 5.74) is 3.99. The van der Waals surface area contributed by atoms with Gasteiger partial charge in [-0.05, 0) is 11.6 Å². The molecule has 3 aromatic rings. The summed E-state index contributed by atoms with van der Waals surface area (Å²) < 4.78 is 11.6. The van der Waals surface area contributed by atoms with Crippen molar-refractivity contribution in [1.82, 2.24) is 24.8 Å². The molecule has 5 rings (SSSR count). The van der Waals surface area contributed by atoms with Crippen molar-refractivity contribution in [3.05, 3.63) is 48.3 Å². The molecule has 0 saturated carbocycles. The van der Waals surface area contributed by atoms with Crippen LogP contribution in [0.4, 0.5) is 4.79 Å². The number of carbonyl (C=O) groups is 2. The molecule has 0 bridgehead atoms. The third kappa shape index (κ3) is 4.49. The minimum absolute atomic E-state index is 0.108. The maximum atomic E-state index is 11.4. The Bertz CT molecular complexity index is 1210. The average molecular weight is 463 g/mol. The van der Waals surface area contributed by atoms with Crippen molar-refractivity contribution in [3.63, 3.8) is 0 Å². The topological polar surface area (TPSA) is 118 Å². The van der Waals surface area contributed by atoms with E-state index in [1.54, 1.807) is 19.3 Å². The molecule has 1 N–H and O–H groups in total. The van der Waals surface area contributed by atoms with Crippen LogP contribution in [-0.2, 0) is 9.53 Å². The number of ether oxygens (including phenoxy) is 2. The normalized spacial score (nSPS) is 18.6. The zero-order valence-electron chi connectivity index (χ0n) is 18.8. The van der Waals surface area contributed by atoms with E-state index in [4.69, 9.17) is 14.5 Å². The van der Waals surface area contributed by atoms with Gasteiger partial charge < -0.3 is 24.4 Å². The van der Waals surface area contributed by atoms with E-state index in [9.17, 15) is 14.7 Å². The van der Waals surface area contributed by atoms with Crippen LogP contribution in [0, 0.1) is 0 Å². The van der Waals surface area contributed by atoms with Gasteiger partial charge in [-0.15, -0.1) is 0 Å². The second-order valence-corrected chi connectivity index (χ2v) is 8.51. The molecule has 0 radical (unpaired) electrons. The third-order valence-electron chi connectivity index (χ3n) is 6.24. The van der Waals surface area contributed by atoms with Gasteiger partial charge in [0.2, 0.25) is 11.8 Å². The molecule has 4 heterocycles. The number of pyridine rings is 1. The Balaban J connectivity index is 1.34. The number of nitrogens with zero attached hydrogens (tertiary/aromatic N) is 5. The van der Waals surface area contributed by atoms with E-state index in [-0.39, 0.29) is 19.1 Å². The summed E-state index contributed by atoms with van der Waals surface area (Å²) in [6.45, 7) is 4.15. The minimum Gasteiger partial charge on any atom is -0.473 e. The van der Waals surface area contributed by atoms with Crippen LogP contribution in [-0.4, -0.2) is 87.4 Å². The number of morpholine rings is 1. The Morgan fingerprint density at radius 1 is 1.12 bits per heavy atom. The summed E-state index contributed by atoms with van der Waals surface area (Å²) in [7, 11) is 0. The number of rotatable bonds is 5. The van der Waals surface area contributed by atoms with Crippen LogP contribution in [0.2, 0.25) is 0 Å². The van der Waals surface area contributed by atoms with Gasteiger partial charge in [0, 0.05) is 50.4 Å². The number of aromatic nitrogens is 3. The SMILES string of the molecule is CC(=O)N1CC(c2ccc(-c3cc4nccnc4c(OCC4CN(C(=O)O)CCO4)n3)cc2)C1. The Kier molecular flexibility index (Phi) is 5.97. The second-order valence-electron chi connectivity index (χ2n) is 8.51. The van der Waals surface area contributed by atoms with Crippen LogP contribution < -0.4 is 4.74 Å². The monoisotopic (exact) mass is 463 g/mol. The van der Waals surface area contributed by atoms with Crippen molar-refractivity contribution in [2.24, 2.45) is 0 Å². The number of likely N-dealkylation sites (tertiary alicyclic amines) is 1. The third-order valence-corrected chi connectivity index (χ3v) is 6.24. The Morgan fingerprint density at radius 2 is 1.88 bits per heavy atom. The summed E-state index contributed by atoms with van der Waals surface area (Å²) in [4.78, 5) is 39.3. The lowest BCUT2D eigenvalue weighted by atomic mass is 9.90. The van der Waals surface area contributed by atoms with Crippen LogP contribution >= 0.6 is 0 Å². The smallest absolute Gasteiger partial charge is 0.407 e. The number of amides is 2. The van der Waals surface area contributed by atoms with Gasteiger partial charge in [0.15, 0.2) is 5.52 Å². The fraction of sp³-hybridized carbons (Fsp3) is 0.375. The van der Waals surface area contributed by atoms with E-state index >= 15 is 0 Å². The summed E-state index contributed by atoms with van der Waals surface area (Å²) in [5, 5.41) is 9.24. The van der Waals surface area contributed by atoms with Crippen molar-refractivity contribution in [2.75, 3.05) is 39.4 Å². The van der Waals surface area contributed by atoms with E-state index in [0.29, 0.717) is 41.7 Å². The number of carbonyl (C=O) groups excluding carboxylic acids is 1. The predicted octanol–water partition coefficient (Wildman–Crippen LogP) is 2.40. The number of benzene rings is 1. The molecule has 34 heavy (non-hydrogen) atoms. The van der Waals surface area contributed by atoms with Gasteiger partial charge in [0.1, 0.15) is 12.7 Å². The van der Waals surface area contributed by atoms with Gasteiger partial charge in [-0.3, -0.25) is 9.78 Å². The average Bonchev–Trinajstić information content (AvgIpc) is 2.82. The van der Waals surface area contributed by atoms with Crippen LogP contribution in [0.15, 0.2) is 42.7 Å². The van der Waals surface area contributed by atoms with Crippen LogP contribution in [0.25, 0.3) is 22.3 Å². The van der Waals surface area contributed by atoms with Crippen molar-refractivity contribution in [2.45, 2.75) is 18.9 Å². The van der Waals surface area contributed by atoms with Crippen molar-refractivity contribution in [1.29, 1.82) is 0 Å². The largest absolute Gasteiger partial charge is 0.473 e. The Labute approximate surface area is 196 Å². The maximum Gasteiger partial charge on any atom is 0.407 e. The fourth-order valence-corrected chi connectivity index (χ4v) is 4.23. The number of hydrogen-bond acceptors (Lipinski definition) is 7. The van der Waals surface area contributed by atoms with E-state index in [1.165, 1.54) is 10.5 Å².